The van der Waals surface area contributed by atoms with Gasteiger partial charge in [0.1, 0.15) is 0 Å². The first-order chi connectivity index (χ1) is 7.19. The molecule has 1 fully saturated rings. The zero-order valence-electron chi connectivity index (χ0n) is 9.44. The van der Waals surface area contributed by atoms with E-state index in [1.165, 1.54) is 0 Å². The van der Waals surface area contributed by atoms with Gasteiger partial charge in [0.2, 0.25) is 5.91 Å². The number of rotatable bonds is 4. The first kappa shape index (κ1) is 12.8. The van der Waals surface area contributed by atoms with Crippen molar-refractivity contribution in [3.05, 3.63) is 0 Å². The van der Waals surface area contributed by atoms with E-state index in [0.29, 0.717) is 19.0 Å². The smallest absolute Gasteiger partial charge is 0.225 e. The molecule has 0 aliphatic carbocycles. The van der Waals surface area contributed by atoms with Crippen LogP contribution in [0, 0.1) is 0 Å². The summed E-state index contributed by atoms with van der Waals surface area (Å²) in [7, 11) is 1.60. The van der Waals surface area contributed by atoms with Gasteiger partial charge in [-0.2, -0.15) is 11.8 Å². The molecule has 1 aliphatic heterocycles. The van der Waals surface area contributed by atoms with Crippen molar-refractivity contribution in [1.82, 2.24) is 4.90 Å². The van der Waals surface area contributed by atoms with Gasteiger partial charge < -0.3 is 15.4 Å². The largest absolute Gasteiger partial charge is 0.380 e. The Kier molecular flexibility index (Phi) is 5.42. The molecule has 1 rings (SSSR count). The summed E-state index contributed by atoms with van der Waals surface area (Å²) in [4.78, 5) is 13.9. The van der Waals surface area contributed by atoms with Gasteiger partial charge in [0.25, 0.3) is 0 Å². The molecule has 88 valence electrons. The van der Waals surface area contributed by atoms with E-state index >= 15 is 0 Å². The van der Waals surface area contributed by atoms with Crippen molar-refractivity contribution >= 4 is 17.7 Å². The van der Waals surface area contributed by atoms with Crippen molar-refractivity contribution < 1.29 is 9.53 Å². The fourth-order valence-corrected chi connectivity index (χ4v) is 2.69. The predicted molar refractivity (Wildman–Crippen MR) is 63.0 cm³/mol. The number of carbonyl (C=O) groups excluding carboxylic acids is 1. The van der Waals surface area contributed by atoms with E-state index in [1.54, 1.807) is 7.11 Å². The second-order valence-corrected chi connectivity index (χ2v) is 4.96. The molecule has 0 aromatic heterocycles. The Bertz CT molecular complexity index is 210. The Labute approximate surface area is 95.5 Å². The maximum Gasteiger partial charge on any atom is 0.225 e. The number of hydrogen-bond donors (Lipinski definition) is 1. The molecule has 0 saturated carbocycles. The van der Waals surface area contributed by atoms with Gasteiger partial charge >= 0.3 is 0 Å². The van der Waals surface area contributed by atoms with Gasteiger partial charge in [0, 0.05) is 37.7 Å². The van der Waals surface area contributed by atoms with Crippen molar-refractivity contribution in [2.24, 2.45) is 5.73 Å². The topological polar surface area (TPSA) is 55.6 Å². The summed E-state index contributed by atoms with van der Waals surface area (Å²) in [6.45, 7) is 3.35. The van der Waals surface area contributed by atoms with Crippen LogP contribution in [0.4, 0.5) is 0 Å². The van der Waals surface area contributed by atoms with Crippen LogP contribution in [0.3, 0.4) is 0 Å². The molecule has 1 aliphatic rings. The molecule has 0 aromatic carbocycles. The molecular formula is C10H20N2O2S. The fraction of sp³-hybridized carbons (Fsp3) is 0.900. The summed E-state index contributed by atoms with van der Waals surface area (Å²) in [6, 6.07) is 0.339. The zero-order chi connectivity index (χ0) is 11.3. The van der Waals surface area contributed by atoms with E-state index in [-0.39, 0.29) is 12.0 Å². The van der Waals surface area contributed by atoms with Crippen LogP contribution in [0.15, 0.2) is 0 Å². The normalized spacial score (nSPS) is 23.9. The van der Waals surface area contributed by atoms with E-state index in [1.807, 2.05) is 16.7 Å². The van der Waals surface area contributed by atoms with E-state index in [2.05, 4.69) is 6.92 Å². The van der Waals surface area contributed by atoms with Gasteiger partial charge in [-0.15, -0.1) is 0 Å². The fourth-order valence-electron chi connectivity index (χ4n) is 1.67. The molecule has 1 saturated heterocycles. The third kappa shape index (κ3) is 3.66. The van der Waals surface area contributed by atoms with Gasteiger partial charge in [0.05, 0.1) is 12.5 Å². The van der Waals surface area contributed by atoms with E-state index in [0.717, 1.165) is 18.1 Å². The first-order valence-corrected chi connectivity index (χ1v) is 6.44. The average Bonchev–Trinajstić information content (AvgIpc) is 2.26. The Morgan fingerprint density at radius 3 is 3.00 bits per heavy atom. The summed E-state index contributed by atoms with van der Waals surface area (Å²) in [6.07, 6.45) is 0.265. The maximum atomic E-state index is 11.9. The second kappa shape index (κ2) is 6.35. The van der Waals surface area contributed by atoms with Crippen LogP contribution >= 0.6 is 11.8 Å². The van der Waals surface area contributed by atoms with Crippen molar-refractivity contribution in [2.75, 3.05) is 31.7 Å². The van der Waals surface area contributed by atoms with Crippen molar-refractivity contribution in [3.8, 4) is 0 Å². The molecule has 1 heterocycles. The van der Waals surface area contributed by atoms with Crippen molar-refractivity contribution in [2.45, 2.75) is 25.5 Å². The number of thioether (sulfide) groups is 1. The van der Waals surface area contributed by atoms with Crippen LogP contribution in [0.1, 0.15) is 13.3 Å². The Balaban J connectivity index is 2.44. The number of ether oxygens (including phenoxy) is 1. The molecule has 1 amide bonds. The van der Waals surface area contributed by atoms with Gasteiger partial charge in [-0.1, -0.05) is 0 Å². The highest BCUT2D eigenvalue weighted by atomic mass is 32.2. The number of amides is 1. The van der Waals surface area contributed by atoms with Crippen LogP contribution in [0.25, 0.3) is 0 Å². The molecule has 15 heavy (non-hydrogen) atoms. The van der Waals surface area contributed by atoms with E-state index in [9.17, 15) is 4.79 Å². The van der Waals surface area contributed by atoms with Gasteiger partial charge in [-0.05, 0) is 6.92 Å². The van der Waals surface area contributed by atoms with Crippen molar-refractivity contribution in [1.29, 1.82) is 0 Å². The Morgan fingerprint density at radius 1 is 1.73 bits per heavy atom. The lowest BCUT2D eigenvalue weighted by Gasteiger charge is -2.33. The molecule has 4 nitrogen and oxygen atoms in total. The molecular weight excluding hydrogens is 212 g/mol. The molecule has 2 atom stereocenters. The summed E-state index contributed by atoms with van der Waals surface area (Å²) >= 11 is 1.90. The molecule has 2 unspecified atom stereocenters. The minimum absolute atomic E-state index is 0.140. The Morgan fingerprint density at radius 2 is 2.47 bits per heavy atom. The van der Waals surface area contributed by atoms with Crippen LogP contribution in [-0.2, 0) is 9.53 Å². The van der Waals surface area contributed by atoms with Crippen LogP contribution in [0.2, 0.25) is 0 Å². The Hall–Kier alpha value is -0.260. The van der Waals surface area contributed by atoms with Gasteiger partial charge in [-0.25, -0.2) is 0 Å². The average molecular weight is 232 g/mol. The molecule has 0 spiro atoms. The van der Waals surface area contributed by atoms with E-state index in [4.69, 9.17) is 10.5 Å². The highest BCUT2D eigenvalue weighted by Crippen LogP contribution is 2.17. The lowest BCUT2D eigenvalue weighted by Crippen LogP contribution is -2.46. The zero-order valence-corrected chi connectivity index (χ0v) is 10.3. The SMILES string of the molecule is COC(CN)CC(=O)N1CCSCC1C. The molecule has 0 bridgehead atoms. The maximum absolute atomic E-state index is 11.9. The minimum atomic E-state index is -0.140. The lowest BCUT2D eigenvalue weighted by molar-refractivity contribution is -0.135. The first-order valence-electron chi connectivity index (χ1n) is 5.29. The molecule has 0 radical (unpaired) electrons. The highest BCUT2D eigenvalue weighted by molar-refractivity contribution is 7.99. The monoisotopic (exact) mass is 232 g/mol. The van der Waals surface area contributed by atoms with Crippen LogP contribution in [-0.4, -0.2) is 54.7 Å². The van der Waals surface area contributed by atoms with E-state index < -0.39 is 0 Å². The standard InChI is InChI=1S/C10H20N2O2S/c1-8-7-15-4-3-12(8)10(13)5-9(6-11)14-2/h8-9H,3-7,11H2,1-2H3. The minimum Gasteiger partial charge on any atom is -0.380 e. The number of carbonyl (C=O) groups is 1. The third-order valence-electron chi connectivity index (χ3n) is 2.69. The summed E-state index contributed by atoms with van der Waals surface area (Å²) < 4.78 is 5.12. The second-order valence-electron chi connectivity index (χ2n) is 3.81. The quantitative estimate of drug-likeness (QED) is 0.758. The van der Waals surface area contributed by atoms with Crippen molar-refractivity contribution in [3.63, 3.8) is 0 Å². The lowest BCUT2D eigenvalue weighted by atomic mass is 10.2. The number of hydrogen-bond acceptors (Lipinski definition) is 4. The predicted octanol–water partition coefficient (Wildman–Crippen LogP) is 0.314. The van der Waals surface area contributed by atoms with Gasteiger partial charge in [0.15, 0.2) is 0 Å². The highest BCUT2D eigenvalue weighted by Gasteiger charge is 2.25. The van der Waals surface area contributed by atoms with Gasteiger partial charge in [-0.3, -0.25) is 4.79 Å². The molecule has 0 aromatic rings. The van der Waals surface area contributed by atoms with Crippen LogP contribution < -0.4 is 5.73 Å². The van der Waals surface area contributed by atoms with Crippen LogP contribution in [0.5, 0.6) is 0 Å². The molecule has 5 heteroatoms. The summed E-state index contributed by atoms with van der Waals surface area (Å²) in [5.74, 6) is 2.24. The summed E-state index contributed by atoms with van der Waals surface area (Å²) in [5.41, 5.74) is 5.50. The summed E-state index contributed by atoms with van der Waals surface area (Å²) in [5, 5.41) is 0. The number of nitrogens with zero attached hydrogens (tertiary/aromatic N) is 1. The third-order valence-corrected chi connectivity index (χ3v) is 3.88. The number of methoxy groups -OCH3 is 1. The number of nitrogens with two attached hydrogens (primary N) is 1. The molecule has 2 N–H and O–H groups in total.